The number of para-hydroxylation sites is 1. The van der Waals surface area contributed by atoms with Gasteiger partial charge in [-0.1, -0.05) is 64.5 Å². The summed E-state index contributed by atoms with van der Waals surface area (Å²) < 4.78 is 5.83. The van der Waals surface area contributed by atoms with Crippen LogP contribution < -0.4 is 4.74 Å². The molecule has 0 aromatic heterocycles. The third kappa shape index (κ3) is 3.67. The predicted molar refractivity (Wildman–Crippen MR) is 79.8 cm³/mol. The van der Waals surface area contributed by atoms with Crippen molar-refractivity contribution < 1.29 is 9.53 Å². The van der Waals surface area contributed by atoms with Crippen LogP contribution in [0.3, 0.4) is 0 Å². The van der Waals surface area contributed by atoms with Gasteiger partial charge in [0.05, 0.1) is 5.92 Å². The maximum atomic E-state index is 11.1. The van der Waals surface area contributed by atoms with Crippen LogP contribution in [-0.2, 0) is 11.4 Å². The summed E-state index contributed by atoms with van der Waals surface area (Å²) in [6.07, 6.45) is 0.944. The molecule has 0 saturated heterocycles. The van der Waals surface area contributed by atoms with Crippen LogP contribution >= 0.6 is 15.9 Å². The van der Waals surface area contributed by atoms with E-state index < -0.39 is 0 Å². The van der Waals surface area contributed by atoms with Crippen LogP contribution in [0.4, 0.5) is 0 Å². The molecule has 2 aromatic carbocycles. The number of ether oxygens (including phenoxy) is 1. The molecular weight excluding hydrogens is 304 g/mol. The SMILES string of the molecule is O=CC(CBr)c1ccccc1OCc1ccccc1. The molecule has 0 bridgehead atoms. The van der Waals surface area contributed by atoms with E-state index in [1.165, 1.54) is 0 Å². The number of aldehydes is 1. The first kappa shape index (κ1) is 13.8. The van der Waals surface area contributed by atoms with E-state index in [9.17, 15) is 4.79 Å². The lowest BCUT2D eigenvalue weighted by Crippen LogP contribution is -2.05. The highest BCUT2D eigenvalue weighted by Crippen LogP contribution is 2.27. The number of halogens is 1. The Morgan fingerprint density at radius 1 is 1.05 bits per heavy atom. The van der Waals surface area contributed by atoms with Crippen LogP contribution in [0.15, 0.2) is 54.6 Å². The molecule has 0 N–H and O–H groups in total. The molecule has 1 unspecified atom stereocenters. The summed E-state index contributed by atoms with van der Waals surface area (Å²) in [4.78, 5) is 11.1. The van der Waals surface area contributed by atoms with E-state index in [1.807, 2.05) is 54.6 Å². The van der Waals surface area contributed by atoms with Gasteiger partial charge in [-0.05, 0) is 11.6 Å². The molecule has 0 amide bonds. The van der Waals surface area contributed by atoms with Crippen LogP contribution in [0.1, 0.15) is 17.0 Å². The number of hydrogen-bond donors (Lipinski definition) is 0. The second-order valence-corrected chi connectivity index (χ2v) is 4.86. The van der Waals surface area contributed by atoms with Gasteiger partial charge in [-0.25, -0.2) is 0 Å². The molecule has 19 heavy (non-hydrogen) atoms. The zero-order valence-electron chi connectivity index (χ0n) is 10.5. The number of carbonyl (C=O) groups excluding carboxylic acids is 1. The van der Waals surface area contributed by atoms with E-state index in [1.54, 1.807) is 0 Å². The van der Waals surface area contributed by atoms with Crippen molar-refractivity contribution in [1.82, 2.24) is 0 Å². The summed E-state index contributed by atoms with van der Waals surface area (Å²) >= 11 is 3.36. The zero-order valence-corrected chi connectivity index (χ0v) is 12.0. The lowest BCUT2D eigenvalue weighted by atomic mass is 10.0. The molecule has 0 heterocycles. The highest BCUT2D eigenvalue weighted by molar-refractivity contribution is 9.09. The summed E-state index contributed by atoms with van der Waals surface area (Å²) in [6, 6.07) is 17.6. The molecule has 2 aromatic rings. The zero-order chi connectivity index (χ0) is 13.5. The van der Waals surface area contributed by atoms with E-state index in [0.29, 0.717) is 11.9 Å². The first-order valence-corrected chi connectivity index (χ1v) is 7.24. The molecule has 0 aliphatic rings. The lowest BCUT2D eigenvalue weighted by molar-refractivity contribution is -0.108. The molecule has 2 rings (SSSR count). The summed E-state index contributed by atoms with van der Waals surface area (Å²) in [5.74, 6) is 0.592. The monoisotopic (exact) mass is 318 g/mol. The predicted octanol–water partition coefficient (Wildman–Crippen LogP) is 3.94. The maximum Gasteiger partial charge on any atom is 0.128 e. The van der Waals surface area contributed by atoms with Crippen molar-refractivity contribution in [3.05, 3.63) is 65.7 Å². The Morgan fingerprint density at radius 3 is 2.42 bits per heavy atom. The summed E-state index contributed by atoms with van der Waals surface area (Å²) in [5.41, 5.74) is 2.03. The van der Waals surface area contributed by atoms with Gasteiger partial charge < -0.3 is 9.53 Å². The van der Waals surface area contributed by atoms with Gasteiger partial charge in [0.2, 0.25) is 0 Å². The molecule has 0 aliphatic carbocycles. The average molecular weight is 319 g/mol. The largest absolute Gasteiger partial charge is 0.489 e. The van der Waals surface area contributed by atoms with Crippen LogP contribution in [0, 0.1) is 0 Å². The van der Waals surface area contributed by atoms with E-state index >= 15 is 0 Å². The summed E-state index contributed by atoms with van der Waals surface area (Å²) in [7, 11) is 0. The van der Waals surface area contributed by atoms with Gasteiger partial charge in [-0.2, -0.15) is 0 Å². The fraction of sp³-hybridized carbons (Fsp3) is 0.188. The third-order valence-corrected chi connectivity index (χ3v) is 3.58. The molecule has 0 aliphatic heterocycles. The minimum Gasteiger partial charge on any atom is -0.489 e. The fourth-order valence-electron chi connectivity index (χ4n) is 1.85. The maximum absolute atomic E-state index is 11.1. The van der Waals surface area contributed by atoms with Crippen molar-refractivity contribution >= 4 is 22.2 Å². The van der Waals surface area contributed by atoms with Crippen molar-refractivity contribution in [2.75, 3.05) is 5.33 Å². The number of carbonyl (C=O) groups is 1. The average Bonchev–Trinajstić information content (AvgIpc) is 2.48. The second-order valence-electron chi connectivity index (χ2n) is 4.21. The second kappa shape index (κ2) is 7.10. The highest BCUT2D eigenvalue weighted by Gasteiger charge is 2.13. The first-order valence-electron chi connectivity index (χ1n) is 6.12. The van der Waals surface area contributed by atoms with Crippen LogP contribution in [0.2, 0.25) is 0 Å². The minimum absolute atomic E-state index is 0.174. The molecule has 2 nitrogen and oxygen atoms in total. The van der Waals surface area contributed by atoms with Crippen molar-refractivity contribution in [2.24, 2.45) is 0 Å². The van der Waals surface area contributed by atoms with Crippen molar-refractivity contribution in [3.63, 3.8) is 0 Å². The fourth-order valence-corrected chi connectivity index (χ4v) is 2.35. The standard InChI is InChI=1S/C16H15BrO2/c17-10-14(11-18)15-8-4-5-9-16(15)19-12-13-6-2-1-3-7-13/h1-9,11,14H,10,12H2. The van der Waals surface area contributed by atoms with Gasteiger partial charge in [0.25, 0.3) is 0 Å². The number of rotatable bonds is 6. The van der Waals surface area contributed by atoms with Crippen LogP contribution in [0.25, 0.3) is 0 Å². The normalized spacial score (nSPS) is 11.8. The van der Waals surface area contributed by atoms with E-state index in [-0.39, 0.29) is 5.92 Å². The Bertz CT molecular complexity index is 525. The Labute approximate surface area is 121 Å². The number of benzene rings is 2. The van der Waals surface area contributed by atoms with Gasteiger partial charge >= 0.3 is 0 Å². The quantitative estimate of drug-likeness (QED) is 0.595. The van der Waals surface area contributed by atoms with Crippen LogP contribution in [-0.4, -0.2) is 11.6 Å². The minimum atomic E-state index is -0.174. The Hall–Kier alpha value is -1.61. The highest BCUT2D eigenvalue weighted by atomic mass is 79.9. The molecule has 0 spiro atoms. The molecule has 0 fully saturated rings. The van der Waals surface area contributed by atoms with Gasteiger partial charge in [-0.15, -0.1) is 0 Å². The Kier molecular flexibility index (Phi) is 5.16. The molecule has 98 valence electrons. The molecule has 0 radical (unpaired) electrons. The molecule has 0 saturated carbocycles. The summed E-state index contributed by atoms with van der Waals surface area (Å²) in [6.45, 7) is 0.506. The molecule has 3 heteroatoms. The Balaban J connectivity index is 2.14. The van der Waals surface area contributed by atoms with Gasteiger partial charge in [0, 0.05) is 10.9 Å². The molecular formula is C16H15BrO2. The van der Waals surface area contributed by atoms with Gasteiger partial charge in [0.15, 0.2) is 0 Å². The number of hydrogen-bond acceptors (Lipinski definition) is 2. The lowest BCUT2D eigenvalue weighted by Gasteiger charge is -2.14. The first-order chi connectivity index (χ1) is 9.35. The van der Waals surface area contributed by atoms with E-state index in [0.717, 1.165) is 23.2 Å². The molecule has 1 atom stereocenters. The van der Waals surface area contributed by atoms with Gasteiger partial charge in [-0.3, -0.25) is 0 Å². The van der Waals surface area contributed by atoms with Gasteiger partial charge in [0.1, 0.15) is 18.6 Å². The third-order valence-electron chi connectivity index (χ3n) is 2.89. The smallest absolute Gasteiger partial charge is 0.128 e. The number of alkyl halides is 1. The van der Waals surface area contributed by atoms with Crippen molar-refractivity contribution in [1.29, 1.82) is 0 Å². The summed E-state index contributed by atoms with van der Waals surface area (Å²) in [5, 5.41) is 0.599. The van der Waals surface area contributed by atoms with Crippen molar-refractivity contribution in [3.8, 4) is 5.75 Å². The van der Waals surface area contributed by atoms with E-state index in [2.05, 4.69) is 15.9 Å². The topological polar surface area (TPSA) is 26.3 Å². The van der Waals surface area contributed by atoms with E-state index in [4.69, 9.17) is 4.74 Å². The Morgan fingerprint density at radius 2 is 1.74 bits per heavy atom. The van der Waals surface area contributed by atoms with Crippen LogP contribution in [0.5, 0.6) is 5.75 Å². The van der Waals surface area contributed by atoms with Crippen molar-refractivity contribution in [2.45, 2.75) is 12.5 Å².